The van der Waals surface area contributed by atoms with Gasteiger partial charge in [-0.1, -0.05) is 19.9 Å². The van der Waals surface area contributed by atoms with Crippen molar-refractivity contribution in [2.45, 2.75) is 20.0 Å². The van der Waals surface area contributed by atoms with Gasteiger partial charge < -0.3 is 9.90 Å². The topological polar surface area (TPSA) is 37.3 Å². The van der Waals surface area contributed by atoms with Gasteiger partial charge in [0.15, 0.2) is 0 Å². The maximum absolute atomic E-state index is 10.2. The number of aliphatic hydroxyl groups is 1. The number of aldehydes is 1. The predicted octanol–water partition coefficient (Wildman–Crippen LogP) is 1.00. The maximum atomic E-state index is 10.2. The number of aliphatic hydroxyl groups excluding tert-OH is 1. The quantitative estimate of drug-likeness (QED) is 0.469. The van der Waals surface area contributed by atoms with Gasteiger partial charge in [-0.15, -0.1) is 6.58 Å². The van der Waals surface area contributed by atoms with Crippen LogP contribution in [-0.2, 0) is 4.79 Å². The first-order valence-corrected chi connectivity index (χ1v) is 3.39. The summed E-state index contributed by atoms with van der Waals surface area (Å²) in [7, 11) is 0. The molecule has 0 saturated carbocycles. The van der Waals surface area contributed by atoms with Crippen LogP contribution in [0.1, 0.15) is 13.8 Å². The van der Waals surface area contributed by atoms with Crippen LogP contribution in [0.5, 0.6) is 0 Å². The molecular formula is C8H14O2. The molecule has 0 aliphatic heterocycles. The van der Waals surface area contributed by atoms with E-state index in [1.54, 1.807) is 13.0 Å². The van der Waals surface area contributed by atoms with Gasteiger partial charge in [0.05, 0.1) is 6.10 Å². The summed E-state index contributed by atoms with van der Waals surface area (Å²) >= 11 is 0. The fourth-order valence-corrected chi connectivity index (χ4v) is 0.699. The highest BCUT2D eigenvalue weighted by molar-refractivity contribution is 5.53. The molecule has 0 amide bonds. The molecule has 2 nitrogen and oxygen atoms in total. The number of hydrogen-bond donors (Lipinski definition) is 1. The van der Waals surface area contributed by atoms with Gasteiger partial charge in [-0.2, -0.15) is 0 Å². The molecule has 0 aromatic carbocycles. The van der Waals surface area contributed by atoms with Crippen LogP contribution in [0.3, 0.4) is 0 Å². The summed E-state index contributed by atoms with van der Waals surface area (Å²) in [6, 6.07) is 0. The number of carbonyl (C=O) groups excluding carboxylic acids is 1. The van der Waals surface area contributed by atoms with Crippen molar-refractivity contribution in [2.75, 3.05) is 0 Å². The Morgan fingerprint density at radius 2 is 1.90 bits per heavy atom. The normalized spacial score (nSPS) is 19.1. The number of rotatable bonds is 4. The first kappa shape index (κ1) is 9.37. The van der Waals surface area contributed by atoms with Gasteiger partial charge in [0.1, 0.15) is 6.29 Å². The van der Waals surface area contributed by atoms with Crippen LogP contribution in [0.2, 0.25) is 0 Å². The van der Waals surface area contributed by atoms with Crippen molar-refractivity contribution in [2.24, 2.45) is 11.8 Å². The van der Waals surface area contributed by atoms with Gasteiger partial charge >= 0.3 is 0 Å². The van der Waals surface area contributed by atoms with E-state index in [1.807, 2.05) is 6.92 Å². The zero-order valence-corrected chi connectivity index (χ0v) is 6.45. The molecule has 0 fully saturated rings. The minimum Gasteiger partial charge on any atom is -0.392 e. The fourth-order valence-electron chi connectivity index (χ4n) is 0.699. The Morgan fingerprint density at radius 3 is 2.20 bits per heavy atom. The zero-order valence-electron chi connectivity index (χ0n) is 6.45. The van der Waals surface area contributed by atoms with Crippen molar-refractivity contribution in [3.05, 3.63) is 12.7 Å². The summed E-state index contributed by atoms with van der Waals surface area (Å²) in [5, 5.41) is 9.28. The van der Waals surface area contributed by atoms with Crippen molar-refractivity contribution in [1.29, 1.82) is 0 Å². The van der Waals surface area contributed by atoms with Crippen LogP contribution < -0.4 is 0 Å². The molecule has 10 heavy (non-hydrogen) atoms. The molecule has 0 heterocycles. The van der Waals surface area contributed by atoms with Crippen LogP contribution in [0.4, 0.5) is 0 Å². The molecule has 0 spiro atoms. The monoisotopic (exact) mass is 142 g/mol. The lowest BCUT2D eigenvalue weighted by molar-refractivity contribution is -0.114. The summed E-state index contributed by atoms with van der Waals surface area (Å²) in [4.78, 5) is 10.2. The van der Waals surface area contributed by atoms with Crippen LogP contribution in [0.25, 0.3) is 0 Å². The van der Waals surface area contributed by atoms with Crippen molar-refractivity contribution in [3.63, 3.8) is 0 Å². The molecule has 3 atom stereocenters. The van der Waals surface area contributed by atoms with Crippen molar-refractivity contribution in [1.82, 2.24) is 0 Å². The molecule has 0 saturated heterocycles. The van der Waals surface area contributed by atoms with Crippen LogP contribution >= 0.6 is 0 Å². The fraction of sp³-hybridized carbons (Fsp3) is 0.625. The molecule has 0 aliphatic carbocycles. The second kappa shape index (κ2) is 4.23. The molecule has 0 aliphatic rings. The van der Waals surface area contributed by atoms with E-state index in [0.29, 0.717) is 0 Å². The van der Waals surface area contributed by atoms with Gasteiger partial charge in [-0.3, -0.25) is 0 Å². The van der Waals surface area contributed by atoms with Gasteiger partial charge in [0.25, 0.3) is 0 Å². The number of hydrogen-bond acceptors (Lipinski definition) is 2. The number of carbonyl (C=O) groups is 1. The van der Waals surface area contributed by atoms with Crippen molar-refractivity contribution in [3.8, 4) is 0 Å². The van der Waals surface area contributed by atoms with E-state index in [9.17, 15) is 9.90 Å². The SMILES string of the molecule is C=C[C@H](C)[C@@H](O)[C@H](C)C=O. The minimum absolute atomic E-state index is 0.0137. The minimum atomic E-state index is -0.588. The lowest BCUT2D eigenvalue weighted by Gasteiger charge is -2.17. The van der Waals surface area contributed by atoms with E-state index >= 15 is 0 Å². The van der Waals surface area contributed by atoms with E-state index in [-0.39, 0.29) is 11.8 Å². The summed E-state index contributed by atoms with van der Waals surface area (Å²) in [5.74, 6) is -0.312. The molecular weight excluding hydrogens is 128 g/mol. The molecule has 2 heteroatoms. The third-order valence-corrected chi connectivity index (χ3v) is 1.66. The van der Waals surface area contributed by atoms with Gasteiger partial charge in [-0.25, -0.2) is 0 Å². The lowest BCUT2D eigenvalue weighted by atomic mass is 9.95. The van der Waals surface area contributed by atoms with Gasteiger partial charge in [0, 0.05) is 11.8 Å². The maximum Gasteiger partial charge on any atom is 0.125 e. The molecule has 0 aromatic heterocycles. The van der Waals surface area contributed by atoms with Crippen molar-refractivity contribution >= 4 is 6.29 Å². The Morgan fingerprint density at radius 1 is 1.40 bits per heavy atom. The molecule has 0 rings (SSSR count). The van der Waals surface area contributed by atoms with Gasteiger partial charge in [-0.05, 0) is 0 Å². The standard InChI is InChI=1S/C8H14O2/c1-4-6(2)8(10)7(3)5-9/h4-8,10H,1H2,2-3H3/t6-,7+,8+/m0/s1. The molecule has 1 N–H and O–H groups in total. The van der Waals surface area contributed by atoms with E-state index < -0.39 is 6.10 Å². The van der Waals surface area contributed by atoms with E-state index in [2.05, 4.69) is 6.58 Å². The molecule has 0 unspecified atom stereocenters. The largest absolute Gasteiger partial charge is 0.392 e. The molecule has 0 radical (unpaired) electrons. The molecule has 0 aromatic rings. The molecule has 58 valence electrons. The van der Waals surface area contributed by atoms with Crippen molar-refractivity contribution < 1.29 is 9.90 Å². The van der Waals surface area contributed by atoms with Crippen LogP contribution in [0.15, 0.2) is 12.7 Å². The van der Waals surface area contributed by atoms with E-state index in [0.717, 1.165) is 6.29 Å². The second-order valence-corrected chi connectivity index (χ2v) is 2.58. The Balaban J connectivity index is 3.91. The average molecular weight is 142 g/mol. The summed E-state index contributed by atoms with van der Waals surface area (Å²) < 4.78 is 0. The molecule has 0 bridgehead atoms. The second-order valence-electron chi connectivity index (χ2n) is 2.58. The summed E-state index contributed by atoms with van der Waals surface area (Å²) in [6.45, 7) is 7.05. The lowest BCUT2D eigenvalue weighted by Crippen LogP contribution is -2.24. The Hall–Kier alpha value is -0.630. The Bertz CT molecular complexity index is 106. The van der Waals surface area contributed by atoms with Gasteiger partial charge in [0.2, 0.25) is 0 Å². The van der Waals surface area contributed by atoms with Crippen LogP contribution in [0, 0.1) is 11.8 Å². The third-order valence-electron chi connectivity index (χ3n) is 1.66. The third kappa shape index (κ3) is 2.31. The summed E-state index contributed by atoms with van der Waals surface area (Å²) in [5.41, 5.74) is 0. The van der Waals surface area contributed by atoms with E-state index in [1.165, 1.54) is 0 Å². The first-order chi connectivity index (χ1) is 4.63. The van der Waals surface area contributed by atoms with Crippen LogP contribution in [-0.4, -0.2) is 17.5 Å². The summed E-state index contributed by atoms with van der Waals surface area (Å²) in [6.07, 6.45) is 1.81. The predicted molar refractivity (Wildman–Crippen MR) is 40.6 cm³/mol. The average Bonchev–Trinajstić information content (AvgIpc) is 2.00. The Labute approximate surface area is 61.6 Å². The highest BCUT2D eigenvalue weighted by atomic mass is 16.3. The Kier molecular flexibility index (Phi) is 3.96. The van der Waals surface area contributed by atoms with E-state index in [4.69, 9.17) is 0 Å². The zero-order chi connectivity index (χ0) is 8.15. The highest BCUT2D eigenvalue weighted by Gasteiger charge is 2.17. The first-order valence-electron chi connectivity index (χ1n) is 3.39. The highest BCUT2D eigenvalue weighted by Crippen LogP contribution is 2.11. The smallest absolute Gasteiger partial charge is 0.125 e.